The molecule has 2 aromatic heterocycles. The van der Waals surface area contributed by atoms with E-state index in [1.54, 1.807) is 49.2 Å². The molecule has 2 saturated carbocycles. The van der Waals surface area contributed by atoms with Crippen LogP contribution in [0.1, 0.15) is 101 Å². The van der Waals surface area contributed by atoms with Gasteiger partial charge in [0.2, 0.25) is 11.8 Å². The van der Waals surface area contributed by atoms with Crippen molar-refractivity contribution >= 4 is 35.0 Å². The van der Waals surface area contributed by atoms with Gasteiger partial charge in [-0.15, -0.1) is 0 Å². The Balaban J connectivity index is 0.900. The predicted octanol–water partition coefficient (Wildman–Crippen LogP) is 8.52. The van der Waals surface area contributed by atoms with Crippen molar-refractivity contribution in [2.24, 2.45) is 23.2 Å². The maximum Gasteiger partial charge on any atom is 0.407 e. The number of H-pyrrole nitrogens is 2. The largest absolute Gasteiger partial charge is 0.465 e. The first-order valence-corrected chi connectivity index (χ1v) is 22.3. The Kier molecular flexibility index (Phi) is 9.87. The quantitative estimate of drug-likeness (QED) is 0.0924. The van der Waals surface area contributed by atoms with Crippen molar-refractivity contribution in [3.63, 3.8) is 0 Å². The van der Waals surface area contributed by atoms with E-state index in [2.05, 4.69) is 20.6 Å². The summed E-state index contributed by atoms with van der Waals surface area (Å²) in [5.41, 5.74) is 4.43. The fourth-order valence-electron chi connectivity index (χ4n) is 11.0. The summed E-state index contributed by atoms with van der Waals surface area (Å²) in [7, 11) is 1.28. The van der Waals surface area contributed by atoms with E-state index in [0.29, 0.717) is 58.1 Å². The molecule has 5 N–H and O–H groups in total. The van der Waals surface area contributed by atoms with Crippen LogP contribution in [0.3, 0.4) is 0 Å². The SMILES string of the molecule is COC(=O)N[C@H](C(=O)N1C2CCC(C2)[C@H]1c1nc2ccc(-c3ccc4c(c3)C(F)(F)c3cc(-c5c[nH]c(C6CC7(CC7)CN6C(=O)C(NC(=O)O)C(C)C)n5)ccc3-4)cc2[nH]1)C(C)C. The number of aromatic nitrogens is 4. The molecule has 2 saturated heterocycles. The number of nitrogens with one attached hydrogen (secondary N) is 4. The Morgan fingerprint density at radius 3 is 2.17 bits per heavy atom. The molecule has 2 aliphatic heterocycles. The molecule has 3 aromatic carbocycles. The first kappa shape index (κ1) is 41.7. The lowest BCUT2D eigenvalue weighted by Gasteiger charge is -2.37. The second-order valence-electron chi connectivity index (χ2n) is 19.3. The third kappa shape index (κ3) is 6.87. The molecule has 16 heteroatoms. The van der Waals surface area contributed by atoms with Gasteiger partial charge in [0.1, 0.15) is 23.7 Å². The van der Waals surface area contributed by atoms with Gasteiger partial charge in [-0.05, 0) is 108 Å². The lowest BCUT2D eigenvalue weighted by atomic mass is 9.95. The molecular weight excluding hydrogens is 823 g/mol. The van der Waals surface area contributed by atoms with Gasteiger partial charge < -0.3 is 40.2 Å². The van der Waals surface area contributed by atoms with Crippen molar-refractivity contribution in [3.8, 4) is 33.5 Å². The number of carbonyl (C=O) groups excluding carboxylic acids is 3. The molecule has 2 bridgehead atoms. The predicted molar refractivity (Wildman–Crippen MR) is 233 cm³/mol. The average Bonchev–Trinajstić information content (AvgIpc) is 3.93. The molecule has 4 amide bonds. The second-order valence-corrected chi connectivity index (χ2v) is 19.3. The fourth-order valence-corrected chi connectivity index (χ4v) is 11.0. The van der Waals surface area contributed by atoms with E-state index in [0.717, 1.165) is 43.2 Å². The molecular formula is C48H52F2N8O6. The highest BCUT2D eigenvalue weighted by molar-refractivity contribution is 5.89. The normalized spacial score (nSPS) is 23.1. The zero-order valence-electron chi connectivity index (χ0n) is 36.4. The molecule has 4 heterocycles. The number of piperidine rings is 1. The number of carboxylic acid groups (broad SMARTS) is 1. The zero-order chi connectivity index (χ0) is 45.0. The number of nitrogens with zero attached hydrogens (tertiary/aromatic N) is 4. The summed E-state index contributed by atoms with van der Waals surface area (Å²) >= 11 is 0. The van der Waals surface area contributed by atoms with E-state index < -0.39 is 36.2 Å². The molecule has 334 valence electrons. The van der Waals surface area contributed by atoms with Gasteiger partial charge in [-0.25, -0.2) is 19.6 Å². The number of aromatic amines is 2. The van der Waals surface area contributed by atoms with Crippen molar-refractivity contribution in [2.75, 3.05) is 13.7 Å². The lowest BCUT2D eigenvalue weighted by Crippen LogP contribution is -2.54. The van der Waals surface area contributed by atoms with E-state index in [1.165, 1.54) is 13.2 Å². The van der Waals surface area contributed by atoms with Crippen LogP contribution in [-0.4, -0.2) is 90.6 Å². The Hall–Kier alpha value is -6.32. The number of alkyl halides is 2. The Labute approximate surface area is 368 Å². The Morgan fingerprint density at radius 1 is 0.844 bits per heavy atom. The van der Waals surface area contributed by atoms with Crippen LogP contribution in [0, 0.1) is 23.2 Å². The number of hydrogen-bond acceptors (Lipinski definition) is 7. The zero-order valence-corrected chi connectivity index (χ0v) is 36.4. The number of methoxy groups -OCH3 is 1. The Morgan fingerprint density at radius 2 is 1.50 bits per heavy atom. The topological polar surface area (TPSA) is 186 Å². The molecule has 4 fully saturated rings. The number of fused-ring (bicyclic) bond motifs is 6. The number of imidazole rings is 2. The molecule has 6 atom stereocenters. The molecule has 5 aromatic rings. The van der Waals surface area contributed by atoms with E-state index >= 15 is 8.78 Å². The number of halogens is 2. The van der Waals surface area contributed by atoms with Gasteiger partial charge in [-0.3, -0.25) is 9.59 Å². The van der Waals surface area contributed by atoms with Crippen LogP contribution in [0.2, 0.25) is 0 Å². The van der Waals surface area contributed by atoms with Gasteiger partial charge in [-0.1, -0.05) is 58.0 Å². The minimum absolute atomic E-state index is 0.0196. The van der Waals surface area contributed by atoms with Crippen LogP contribution >= 0.6 is 0 Å². The summed E-state index contributed by atoms with van der Waals surface area (Å²) in [5.74, 6) is -2.77. The highest BCUT2D eigenvalue weighted by atomic mass is 19.3. The van der Waals surface area contributed by atoms with Gasteiger partial charge in [-0.2, -0.15) is 8.78 Å². The first-order valence-electron chi connectivity index (χ1n) is 22.3. The number of carbonyl (C=O) groups is 4. The maximum atomic E-state index is 16.6. The van der Waals surface area contributed by atoms with Crippen LogP contribution in [0.25, 0.3) is 44.5 Å². The summed E-state index contributed by atoms with van der Waals surface area (Å²) in [6.07, 6.45) is 5.11. The van der Waals surface area contributed by atoms with Crippen LogP contribution in [0.15, 0.2) is 60.8 Å². The Bertz CT molecular complexity index is 2720. The minimum Gasteiger partial charge on any atom is -0.465 e. The summed E-state index contributed by atoms with van der Waals surface area (Å²) in [4.78, 5) is 71.7. The number of alkyl carbamates (subject to hydrolysis) is 1. The summed E-state index contributed by atoms with van der Waals surface area (Å²) in [6.45, 7) is 7.90. The van der Waals surface area contributed by atoms with Crippen LogP contribution in [-0.2, 0) is 20.2 Å². The van der Waals surface area contributed by atoms with Gasteiger partial charge in [0.15, 0.2) is 0 Å². The van der Waals surface area contributed by atoms with E-state index in [1.807, 2.05) is 43.0 Å². The van der Waals surface area contributed by atoms with Gasteiger partial charge in [0, 0.05) is 35.5 Å². The highest BCUT2D eigenvalue weighted by Gasteiger charge is 2.56. The summed E-state index contributed by atoms with van der Waals surface area (Å²) in [6, 6.07) is 13.5. The maximum absolute atomic E-state index is 16.6. The molecule has 10 rings (SSSR count). The molecule has 64 heavy (non-hydrogen) atoms. The number of rotatable bonds is 10. The average molecular weight is 875 g/mol. The van der Waals surface area contributed by atoms with E-state index in [4.69, 9.17) is 14.7 Å². The standard InChI is InChI=1S/C48H52F2N8O6/c1-23(2)38(55-45(61)62)43(59)57-22-47(14-15-47)20-37(57)41-51-21-36(54-41)27-8-12-31-30-11-7-25(17-32(30)48(49,50)33(31)18-27)26-9-13-34-35(19-26)53-42(52-34)40-28-6-10-29(16-28)58(40)44(60)39(24(3)4)56-46(63)64-5/h7-9,11-13,17-19,21,23-24,28-29,37-40,55H,6,10,14-16,20,22H2,1-5H3,(H,51,54)(H,52,53)(H,56,63)(H,61,62)/t28?,29?,37?,38?,39-,40-/m0/s1. The second kappa shape index (κ2) is 15.2. The third-order valence-electron chi connectivity index (χ3n) is 14.5. The summed E-state index contributed by atoms with van der Waals surface area (Å²) in [5, 5.41) is 14.6. The number of likely N-dealkylation sites (tertiary alicyclic amines) is 2. The molecule has 5 aliphatic rings. The number of amides is 4. The minimum atomic E-state index is -3.30. The van der Waals surface area contributed by atoms with E-state index in [9.17, 15) is 24.3 Å². The van der Waals surface area contributed by atoms with Gasteiger partial charge in [0.25, 0.3) is 5.92 Å². The van der Waals surface area contributed by atoms with Crippen LogP contribution in [0.4, 0.5) is 18.4 Å². The van der Waals surface area contributed by atoms with Crippen LogP contribution in [0.5, 0.6) is 0 Å². The van der Waals surface area contributed by atoms with Crippen molar-refractivity contribution in [1.82, 2.24) is 40.4 Å². The monoisotopic (exact) mass is 874 g/mol. The van der Waals surface area contributed by atoms with Crippen molar-refractivity contribution in [1.29, 1.82) is 0 Å². The van der Waals surface area contributed by atoms with Gasteiger partial charge >= 0.3 is 12.2 Å². The smallest absolute Gasteiger partial charge is 0.407 e. The molecule has 14 nitrogen and oxygen atoms in total. The first-order chi connectivity index (χ1) is 30.6. The highest BCUT2D eigenvalue weighted by Crippen LogP contribution is 2.59. The lowest BCUT2D eigenvalue weighted by molar-refractivity contribution is -0.139. The number of hydrogen-bond donors (Lipinski definition) is 5. The van der Waals surface area contributed by atoms with Crippen molar-refractivity contribution in [3.05, 3.63) is 83.6 Å². The number of ether oxygens (including phenoxy) is 1. The molecule has 0 radical (unpaired) electrons. The van der Waals surface area contributed by atoms with Crippen molar-refractivity contribution < 1.29 is 37.8 Å². The molecule has 3 aliphatic carbocycles. The van der Waals surface area contributed by atoms with Crippen LogP contribution < -0.4 is 10.6 Å². The summed E-state index contributed by atoms with van der Waals surface area (Å²) < 4.78 is 38.1. The molecule has 1 spiro atoms. The third-order valence-corrected chi connectivity index (χ3v) is 14.5. The molecule has 4 unspecified atom stereocenters. The number of benzene rings is 3. The fraction of sp³-hybridized carbons (Fsp3) is 0.458. The van der Waals surface area contributed by atoms with E-state index in [-0.39, 0.29) is 58.2 Å². The van der Waals surface area contributed by atoms with Crippen molar-refractivity contribution in [2.45, 2.75) is 102 Å². The van der Waals surface area contributed by atoms with Gasteiger partial charge in [0.05, 0.1) is 35.9 Å².